The number of pyridine rings is 1. The van der Waals surface area contributed by atoms with E-state index in [2.05, 4.69) is 23.7 Å². The third-order valence-electron chi connectivity index (χ3n) is 6.86. The van der Waals surface area contributed by atoms with E-state index < -0.39 is 0 Å². The molecule has 2 aliphatic rings. The van der Waals surface area contributed by atoms with Crippen LogP contribution < -0.4 is 0 Å². The summed E-state index contributed by atoms with van der Waals surface area (Å²) in [6, 6.07) is 12.2. The van der Waals surface area contributed by atoms with Gasteiger partial charge >= 0.3 is 0 Å². The number of nitrogens with zero attached hydrogens (tertiary/aromatic N) is 3. The molecule has 5 nitrogen and oxygen atoms in total. The number of hydrogen-bond acceptors (Lipinski definition) is 3. The lowest BCUT2D eigenvalue weighted by atomic mass is 9.91. The van der Waals surface area contributed by atoms with Crippen molar-refractivity contribution in [3.63, 3.8) is 0 Å². The molecule has 2 aromatic rings. The molecular formula is C27H33N3O2. The molecule has 1 aliphatic carbocycles. The topological polar surface area (TPSA) is 53.5 Å². The second-order valence-corrected chi connectivity index (χ2v) is 9.06. The molecule has 5 heteroatoms. The first-order chi connectivity index (χ1) is 15.7. The van der Waals surface area contributed by atoms with Crippen molar-refractivity contribution in [3.05, 3.63) is 67.0 Å². The molecule has 0 bridgehead atoms. The highest BCUT2D eigenvalue weighted by atomic mass is 16.2. The number of benzene rings is 1. The van der Waals surface area contributed by atoms with Gasteiger partial charge in [-0.25, -0.2) is 0 Å². The molecule has 2 heterocycles. The Kier molecular flexibility index (Phi) is 7.35. The van der Waals surface area contributed by atoms with Crippen molar-refractivity contribution in [2.24, 2.45) is 11.8 Å². The van der Waals surface area contributed by atoms with Gasteiger partial charge in [-0.2, -0.15) is 0 Å². The van der Waals surface area contributed by atoms with Gasteiger partial charge in [-0.3, -0.25) is 14.6 Å². The van der Waals surface area contributed by atoms with Gasteiger partial charge in [0.25, 0.3) is 0 Å². The lowest BCUT2D eigenvalue weighted by Crippen LogP contribution is -2.38. The molecule has 1 saturated heterocycles. The first-order valence-electron chi connectivity index (χ1n) is 11.8. The molecule has 1 atom stereocenters. The molecule has 0 spiro atoms. The highest BCUT2D eigenvalue weighted by Crippen LogP contribution is 2.30. The number of hydrogen-bond donors (Lipinski definition) is 0. The van der Waals surface area contributed by atoms with Crippen molar-refractivity contribution in [1.29, 1.82) is 0 Å². The van der Waals surface area contributed by atoms with Crippen LogP contribution in [0, 0.1) is 11.8 Å². The van der Waals surface area contributed by atoms with Crippen LogP contribution in [0.15, 0.2) is 61.4 Å². The fourth-order valence-corrected chi connectivity index (χ4v) is 5.13. The number of carbonyl (C=O) groups is 2. The van der Waals surface area contributed by atoms with Crippen LogP contribution in [0.3, 0.4) is 0 Å². The summed E-state index contributed by atoms with van der Waals surface area (Å²) in [5.74, 6) is 0.577. The summed E-state index contributed by atoms with van der Waals surface area (Å²) in [4.78, 5) is 34.5. The highest BCUT2D eigenvalue weighted by Gasteiger charge is 2.33. The average molecular weight is 432 g/mol. The monoisotopic (exact) mass is 431 g/mol. The van der Waals surface area contributed by atoms with E-state index in [1.807, 2.05) is 34.1 Å². The number of aromatic nitrogens is 1. The van der Waals surface area contributed by atoms with Gasteiger partial charge in [0.1, 0.15) is 0 Å². The zero-order valence-corrected chi connectivity index (χ0v) is 18.8. The van der Waals surface area contributed by atoms with Gasteiger partial charge in [-0.05, 0) is 54.0 Å². The summed E-state index contributed by atoms with van der Waals surface area (Å²) < 4.78 is 0. The molecule has 1 unspecified atom stereocenters. The summed E-state index contributed by atoms with van der Waals surface area (Å²) in [7, 11) is 0. The molecule has 4 rings (SSSR count). The molecule has 168 valence electrons. The van der Waals surface area contributed by atoms with Crippen LogP contribution in [0.5, 0.6) is 0 Å². The Bertz CT molecular complexity index is 937. The first-order valence-corrected chi connectivity index (χ1v) is 11.8. The largest absolute Gasteiger partial charge is 0.340 e. The minimum Gasteiger partial charge on any atom is -0.340 e. The lowest BCUT2D eigenvalue weighted by Gasteiger charge is -2.25. The Balaban J connectivity index is 1.56. The van der Waals surface area contributed by atoms with Crippen molar-refractivity contribution in [2.75, 3.05) is 26.2 Å². The van der Waals surface area contributed by atoms with E-state index in [1.54, 1.807) is 18.5 Å². The molecule has 2 amide bonds. The van der Waals surface area contributed by atoms with E-state index >= 15 is 0 Å². The molecule has 1 aromatic carbocycles. The quantitative estimate of drug-likeness (QED) is 0.613. The van der Waals surface area contributed by atoms with Gasteiger partial charge in [0.05, 0.1) is 5.92 Å². The van der Waals surface area contributed by atoms with Crippen LogP contribution in [0.1, 0.15) is 37.7 Å². The lowest BCUT2D eigenvalue weighted by molar-refractivity contribution is -0.134. The van der Waals surface area contributed by atoms with Crippen molar-refractivity contribution in [3.8, 4) is 11.1 Å². The second kappa shape index (κ2) is 10.6. The molecule has 2 fully saturated rings. The molecule has 1 saturated carbocycles. The zero-order chi connectivity index (χ0) is 22.3. The second-order valence-electron chi connectivity index (χ2n) is 9.06. The van der Waals surface area contributed by atoms with Gasteiger partial charge < -0.3 is 9.80 Å². The third kappa shape index (κ3) is 5.26. The Morgan fingerprint density at radius 3 is 2.59 bits per heavy atom. The van der Waals surface area contributed by atoms with Gasteiger partial charge in [0.2, 0.25) is 11.8 Å². The summed E-state index contributed by atoms with van der Waals surface area (Å²) in [6.07, 6.45) is 11.4. The smallest absolute Gasteiger partial charge is 0.228 e. The Labute approximate surface area is 191 Å². The van der Waals surface area contributed by atoms with E-state index in [9.17, 15) is 9.59 Å². The van der Waals surface area contributed by atoms with Gasteiger partial charge in [0.15, 0.2) is 0 Å². The van der Waals surface area contributed by atoms with Gasteiger partial charge in [0, 0.05) is 45.0 Å². The zero-order valence-electron chi connectivity index (χ0n) is 18.8. The number of rotatable bonds is 7. The normalized spacial score (nSPS) is 19.8. The van der Waals surface area contributed by atoms with Crippen LogP contribution in [0.2, 0.25) is 0 Å². The first kappa shape index (κ1) is 22.3. The van der Waals surface area contributed by atoms with Crippen LogP contribution in [0.25, 0.3) is 11.1 Å². The predicted molar refractivity (Wildman–Crippen MR) is 127 cm³/mol. The molecule has 1 aromatic heterocycles. The summed E-state index contributed by atoms with van der Waals surface area (Å²) in [5, 5.41) is 0. The summed E-state index contributed by atoms with van der Waals surface area (Å²) >= 11 is 0. The fraction of sp³-hybridized carbons (Fsp3) is 0.444. The third-order valence-corrected chi connectivity index (χ3v) is 6.86. The van der Waals surface area contributed by atoms with Crippen LogP contribution in [-0.2, 0) is 16.0 Å². The van der Waals surface area contributed by atoms with Crippen molar-refractivity contribution < 1.29 is 9.59 Å². The van der Waals surface area contributed by atoms with Gasteiger partial charge in [-0.1, -0.05) is 43.2 Å². The van der Waals surface area contributed by atoms with E-state index in [4.69, 9.17) is 0 Å². The minimum atomic E-state index is -0.257. The van der Waals surface area contributed by atoms with Crippen molar-refractivity contribution in [2.45, 2.75) is 38.5 Å². The van der Waals surface area contributed by atoms with Crippen LogP contribution in [0.4, 0.5) is 0 Å². The predicted octanol–water partition coefficient (Wildman–Crippen LogP) is 4.34. The minimum absolute atomic E-state index is 0.116. The Morgan fingerprint density at radius 2 is 1.84 bits per heavy atom. The van der Waals surface area contributed by atoms with E-state index in [0.717, 1.165) is 29.5 Å². The van der Waals surface area contributed by atoms with Crippen LogP contribution >= 0.6 is 0 Å². The van der Waals surface area contributed by atoms with E-state index in [-0.39, 0.29) is 17.7 Å². The summed E-state index contributed by atoms with van der Waals surface area (Å²) in [6.45, 7) is 6.01. The van der Waals surface area contributed by atoms with Gasteiger partial charge in [-0.15, -0.1) is 6.58 Å². The Hall–Kier alpha value is -2.95. The fourth-order valence-electron chi connectivity index (χ4n) is 5.13. The maximum absolute atomic E-state index is 13.4. The SMILES string of the molecule is C=CCN1CCN(C(=O)CC2CCCC2)CC(Cc2ccccc2-c2ccncc2)C1=O. The molecule has 1 aliphatic heterocycles. The standard InChI is InChI=1S/C27H33N3O2/c1-2-15-29-16-17-30(26(31)18-21-7-3-4-8-21)20-24(27(29)32)19-23-9-5-6-10-25(23)22-11-13-28-14-12-22/h2,5-6,9-14,21,24H,1,3-4,7-8,15-20H2. The van der Waals surface area contributed by atoms with Crippen molar-refractivity contribution >= 4 is 11.8 Å². The average Bonchev–Trinajstić information content (AvgIpc) is 3.28. The Morgan fingerprint density at radius 1 is 1.09 bits per heavy atom. The maximum atomic E-state index is 13.4. The highest BCUT2D eigenvalue weighted by molar-refractivity contribution is 5.83. The number of carbonyl (C=O) groups excluding carboxylic acids is 2. The molecule has 0 N–H and O–H groups in total. The number of amides is 2. The van der Waals surface area contributed by atoms with Crippen molar-refractivity contribution in [1.82, 2.24) is 14.8 Å². The maximum Gasteiger partial charge on any atom is 0.228 e. The molecule has 32 heavy (non-hydrogen) atoms. The summed E-state index contributed by atoms with van der Waals surface area (Å²) in [5.41, 5.74) is 3.33. The van der Waals surface area contributed by atoms with E-state index in [0.29, 0.717) is 44.9 Å². The van der Waals surface area contributed by atoms with Crippen LogP contribution in [-0.4, -0.2) is 52.8 Å². The molecule has 0 radical (unpaired) electrons. The van der Waals surface area contributed by atoms with E-state index in [1.165, 1.54) is 12.8 Å². The molecular weight excluding hydrogens is 398 g/mol.